The number of carbonyl (C=O) groups is 1. The van der Waals surface area contributed by atoms with Crippen molar-refractivity contribution in [1.29, 1.82) is 0 Å². The first kappa shape index (κ1) is 20.1. The van der Waals surface area contributed by atoms with Crippen LogP contribution in [-0.4, -0.2) is 38.3 Å². The molecule has 142 valence electrons. The number of aromatic nitrogens is 4. The summed E-state index contributed by atoms with van der Waals surface area (Å²) in [4.78, 5) is 28.9. The van der Waals surface area contributed by atoms with Crippen LogP contribution in [0.5, 0.6) is 0 Å². The quantitative estimate of drug-likeness (QED) is 0.815. The van der Waals surface area contributed by atoms with Gasteiger partial charge in [-0.3, -0.25) is 9.36 Å². The topological polar surface area (TPSA) is 93.8 Å². The maximum atomic E-state index is 12.5. The molecule has 8 nitrogen and oxygen atoms in total. The van der Waals surface area contributed by atoms with Gasteiger partial charge in [0.2, 0.25) is 5.91 Å². The minimum absolute atomic E-state index is 0. The first-order chi connectivity index (χ1) is 12.1. The van der Waals surface area contributed by atoms with Gasteiger partial charge in [0.25, 0.3) is 0 Å². The molecule has 0 aromatic carbocycles. The highest BCUT2D eigenvalue weighted by Gasteiger charge is 2.24. The molecule has 9 heteroatoms. The van der Waals surface area contributed by atoms with Gasteiger partial charge in [-0.2, -0.15) is 5.10 Å². The van der Waals surface area contributed by atoms with Crippen molar-refractivity contribution in [3.63, 3.8) is 0 Å². The van der Waals surface area contributed by atoms with Gasteiger partial charge in [-0.1, -0.05) is 6.07 Å². The van der Waals surface area contributed by atoms with E-state index in [1.54, 1.807) is 16.8 Å². The van der Waals surface area contributed by atoms with Crippen molar-refractivity contribution in [2.24, 2.45) is 0 Å². The largest absolute Gasteiger partial charge is 0.346 e. The molecular formula is C17H25ClN6O2. The van der Waals surface area contributed by atoms with Crippen molar-refractivity contribution in [2.45, 2.75) is 45.7 Å². The van der Waals surface area contributed by atoms with Gasteiger partial charge in [-0.15, -0.1) is 12.4 Å². The fourth-order valence-electron chi connectivity index (χ4n) is 3.09. The van der Waals surface area contributed by atoms with Crippen LogP contribution < -0.4 is 16.3 Å². The Balaban J connectivity index is 0.00000243. The van der Waals surface area contributed by atoms with Crippen molar-refractivity contribution < 1.29 is 4.79 Å². The number of halogens is 1. The molecule has 1 atom stereocenters. The van der Waals surface area contributed by atoms with E-state index in [1.807, 2.05) is 19.9 Å². The summed E-state index contributed by atoms with van der Waals surface area (Å²) in [7, 11) is 0. The van der Waals surface area contributed by atoms with Crippen molar-refractivity contribution in [1.82, 2.24) is 24.6 Å². The molecule has 2 aromatic rings. The minimum Gasteiger partial charge on any atom is -0.316 e. The predicted molar refractivity (Wildman–Crippen MR) is 102 cm³/mol. The number of hydrogen-bond acceptors (Lipinski definition) is 5. The van der Waals surface area contributed by atoms with Gasteiger partial charge < -0.3 is 10.6 Å². The molecule has 0 aliphatic carbocycles. The maximum absolute atomic E-state index is 12.5. The van der Waals surface area contributed by atoms with Crippen molar-refractivity contribution in [2.75, 3.05) is 18.4 Å². The lowest BCUT2D eigenvalue weighted by atomic mass is 9.99. The van der Waals surface area contributed by atoms with E-state index in [4.69, 9.17) is 0 Å². The number of nitrogens with one attached hydrogen (secondary N) is 2. The summed E-state index contributed by atoms with van der Waals surface area (Å²) < 4.78 is 2.91. The third-order valence-electron chi connectivity index (χ3n) is 4.40. The number of aryl methyl sites for hydroxylation is 1. The molecule has 26 heavy (non-hydrogen) atoms. The Morgan fingerprint density at radius 3 is 2.85 bits per heavy atom. The molecule has 0 saturated carbocycles. The summed E-state index contributed by atoms with van der Waals surface area (Å²) in [5.41, 5.74) is 0.775. The van der Waals surface area contributed by atoms with Crippen LogP contribution in [0, 0.1) is 6.92 Å². The maximum Gasteiger partial charge on any atom is 0.346 e. The first-order valence-corrected chi connectivity index (χ1v) is 8.69. The van der Waals surface area contributed by atoms with E-state index in [2.05, 4.69) is 20.7 Å². The molecule has 1 saturated heterocycles. The second kappa shape index (κ2) is 8.95. The summed E-state index contributed by atoms with van der Waals surface area (Å²) >= 11 is 0. The molecule has 0 radical (unpaired) electrons. The fourth-order valence-corrected chi connectivity index (χ4v) is 3.09. The average Bonchev–Trinajstić information content (AvgIpc) is 2.93. The highest BCUT2D eigenvalue weighted by atomic mass is 35.5. The number of piperidine rings is 1. The van der Waals surface area contributed by atoms with Crippen LogP contribution in [-0.2, 0) is 17.9 Å². The van der Waals surface area contributed by atoms with Crippen LogP contribution in [0.25, 0.3) is 0 Å². The van der Waals surface area contributed by atoms with E-state index in [0.717, 1.165) is 37.3 Å². The van der Waals surface area contributed by atoms with E-state index < -0.39 is 0 Å². The molecule has 2 aromatic heterocycles. The summed E-state index contributed by atoms with van der Waals surface area (Å²) in [6.45, 7) is 6.09. The highest BCUT2D eigenvalue weighted by Crippen LogP contribution is 2.20. The lowest BCUT2D eigenvalue weighted by molar-refractivity contribution is -0.117. The first-order valence-electron chi connectivity index (χ1n) is 8.69. The number of pyridine rings is 1. The highest BCUT2D eigenvalue weighted by molar-refractivity contribution is 5.89. The summed E-state index contributed by atoms with van der Waals surface area (Å²) in [6, 6.07) is 3.61. The Bertz CT molecular complexity index is 793. The zero-order valence-electron chi connectivity index (χ0n) is 15.1. The summed E-state index contributed by atoms with van der Waals surface area (Å²) in [5, 5.41) is 10.5. The zero-order chi connectivity index (χ0) is 17.8. The van der Waals surface area contributed by atoms with Gasteiger partial charge >= 0.3 is 5.69 Å². The number of hydrogen-bond donors (Lipinski definition) is 2. The minimum atomic E-state index is -0.312. The standard InChI is InChI=1S/C17H24N6O2.ClH/c1-3-22-16(13-5-4-8-18-10-13)21-23(17(22)25)11-15(24)20-14-7-6-12(2)9-19-14;/h6-7,9,13,18H,3-5,8,10-11H2,1-2H3,(H,19,20,24);1H. The van der Waals surface area contributed by atoms with E-state index in [9.17, 15) is 9.59 Å². The lowest BCUT2D eigenvalue weighted by Gasteiger charge is -2.21. The Morgan fingerprint density at radius 1 is 1.42 bits per heavy atom. The smallest absolute Gasteiger partial charge is 0.316 e. The Kier molecular flexibility index (Phi) is 6.93. The fraction of sp³-hybridized carbons (Fsp3) is 0.529. The van der Waals surface area contributed by atoms with Gasteiger partial charge in [0.15, 0.2) is 0 Å². The van der Waals surface area contributed by atoms with Crippen LogP contribution in [0.1, 0.15) is 37.1 Å². The molecular weight excluding hydrogens is 356 g/mol. The molecule has 1 amide bonds. The second-order valence-electron chi connectivity index (χ2n) is 6.35. The Morgan fingerprint density at radius 2 is 2.23 bits per heavy atom. The number of nitrogens with zero attached hydrogens (tertiary/aromatic N) is 4. The normalized spacial score (nSPS) is 16.8. The average molecular weight is 381 g/mol. The van der Waals surface area contributed by atoms with Crippen molar-refractivity contribution >= 4 is 24.1 Å². The Hall–Kier alpha value is -2.19. The van der Waals surface area contributed by atoms with Crippen LogP contribution >= 0.6 is 12.4 Å². The molecule has 1 fully saturated rings. The predicted octanol–water partition coefficient (Wildman–Crippen LogP) is 1.30. The van der Waals surface area contributed by atoms with E-state index in [-0.39, 0.29) is 36.5 Å². The SMILES string of the molecule is CCn1c(C2CCCNC2)nn(CC(=O)Nc2ccc(C)cn2)c1=O.Cl. The lowest BCUT2D eigenvalue weighted by Crippen LogP contribution is -2.32. The molecule has 1 unspecified atom stereocenters. The van der Waals surface area contributed by atoms with E-state index >= 15 is 0 Å². The third kappa shape index (κ3) is 4.50. The van der Waals surface area contributed by atoms with Gasteiger partial charge in [-0.25, -0.2) is 14.5 Å². The van der Waals surface area contributed by atoms with Gasteiger partial charge in [0, 0.05) is 25.2 Å². The number of anilines is 1. The van der Waals surface area contributed by atoms with Gasteiger partial charge in [0.05, 0.1) is 0 Å². The third-order valence-corrected chi connectivity index (χ3v) is 4.40. The van der Waals surface area contributed by atoms with Crippen LogP contribution in [0.2, 0.25) is 0 Å². The van der Waals surface area contributed by atoms with E-state index in [0.29, 0.717) is 12.4 Å². The Labute approximate surface area is 158 Å². The van der Waals surface area contributed by atoms with Crippen molar-refractivity contribution in [3.05, 3.63) is 40.2 Å². The number of amides is 1. The van der Waals surface area contributed by atoms with E-state index in [1.165, 1.54) is 4.68 Å². The number of carbonyl (C=O) groups excluding carboxylic acids is 1. The van der Waals surface area contributed by atoms with Crippen LogP contribution in [0.15, 0.2) is 23.1 Å². The van der Waals surface area contributed by atoms with Crippen LogP contribution in [0.3, 0.4) is 0 Å². The summed E-state index contributed by atoms with van der Waals surface area (Å²) in [5.74, 6) is 1.13. The molecule has 1 aliphatic rings. The number of rotatable bonds is 5. The molecule has 3 rings (SSSR count). The monoisotopic (exact) mass is 380 g/mol. The molecule has 1 aliphatic heterocycles. The molecule has 0 spiro atoms. The van der Waals surface area contributed by atoms with Gasteiger partial charge in [0.1, 0.15) is 18.2 Å². The molecule has 0 bridgehead atoms. The molecule has 3 heterocycles. The molecule has 2 N–H and O–H groups in total. The second-order valence-corrected chi connectivity index (χ2v) is 6.35. The van der Waals surface area contributed by atoms with Crippen LogP contribution in [0.4, 0.5) is 5.82 Å². The zero-order valence-corrected chi connectivity index (χ0v) is 15.9. The van der Waals surface area contributed by atoms with Gasteiger partial charge in [-0.05, 0) is 44.9 Å². The van der Waals surface area contributed by atoms with Crippen molar-refractivity contribution in [3.8, 4) is 0 Å². The summed E-state index contributed by atoms with van der Waals surface area (Å²) in [6.07, 6.45) is 3.75.